The summed E-state index contributed by atoms with van der Waals surface area (Å²) in [6.45, 7) is 5.68. The summed E-state index contributed by atoms with van der Waals surface area (Å²) in [6, 6.07) is 18.0. The molecule has 1 atom stereocenters. The lowest BCUT2D eigenvalue weighted by Crippen LogP contribution is -2.27. The van der Waals surface area contributed by atoms with Crippen LogP contribution in [0.2, 0.25) is 0 Å². The largest absolute Gasteiger partial charge is 0.346 e. The molecule has 1 aliphatic rings. The van der Waals surface area contributed by atoms with E-state index in [0.29, 0.717) is 11.3 Å². The van der Waals surface area contributed by atoms with E-state index in [9.17, 15) is 13.2 Å². The van der Waals surface area contributed by atoms with Crippen molar-refractivity contribution >= 4 is 21.6 Å². The van der Waals surface area contributed by atoms with Crippen molar-refractivity contribution in [3.8, 4) is 0 Å². The first-order valence-electron chi connectivity index (χ1n) is 11.4. The predicted molar refractivity (Wildman–Crippen MR) is 132 cm³/mol. The maximum atomic E-state index is 13.0. The molecule has 0 saturated carbocycles. The number of carbonyl (C=O) groups is 1. The second-order valence-electron chi connectivity index (χ2n) is 8.88. The second kappa shape index (κ2) is 9.40. The topological polar surface area (TPSA) is 75.3 Å². The lowest BCUT2D eigenvalue weighted by molar-refractivity contribution is 0.0940. The number of hydrogen-bond donors (Lipinski definition) is 2. The molecule has 6 heteroatoms. The van der Waals surface area contributed by atoms with Crippen molar-refractivity contribution in [2.24, 2.45) is 0 Å². The summed E-state index contributed by atoms with van der Waals surface area (Å²) in [5.41, 5.74) is 6.39. The normalized spacial score (nSPS) is 14.3. The van der Waals surface area contributed by atoms with Crippen LogP contribution >= 0.6 is 0 Å². The number of hydrogen-bond acceptors (Lipinski definition) is 3. The molecule has 33 heavy (non-hydrogen) atoms. The van der Waals surface area contributed by atoms with Gasteiger partial charge in [0.1, 0.15) is 0 Å². The van der Waals surface area contributed by atoms with Gasteiger partial charge in [0.05, 0.1) is 16.6 Å². The third kappa shape index (κ3) is 5.28. The van der Waals surface area contributed by atoms with Crippen molar-refractivity contribution in [1.29, 1.82) is 0 Å². The Morgan fingerprint density at radius 2 is 1.58 bits per heavy atom. The molecule has 1 aliphatic carbocycles. The summed E-state index contributed by atoms with van der Waals surface area (Å²) in [5, 5.41) is 3.05. The Morgan fingerprint density at radius 1 is 0.879 bits per heavy atom. The van der Waals surface area contributed by atoms with E-state index in [-0.39, 0.29) is 16.8 Å². The molecule has 2 N–H and O–H groups in total. The average molecular weight is 463 g/mol. The molecule has 172 valence electrons. The Bertz CT molecular complexity index is 1280. The van der Waals surface area contributed by atoms with Crippen LogP contribution < -0.4 is 10.0 Å². The van der Waals surface area contributed by atoms with E-state index in [0.717, 1.165) is 29.5 Å². The monoisotopic (exact) mass is 462 g/mol. The Labute approximate surface area is 196 Å². The van der Waals surface area contributed by atoms with E-state index in [2.05, 4.69) is 28.2 Å². The van der Waals surface area contributed by atoms with E-state index < -0.39 is 10.0 Å². The van der Waals surface area contributed by atoms with Crippen LogP contribution in [0.5, 0.6) is 0 Å². The molecule has 4 rings (SSSR count). The van der Waals surface area contributed by atoms with E-state index in [1.165, 1.54) is 24.0 Å². The van der Waals surface area contributed by atoms with Crippen LogP contribution in [0.3, 0.4) is 0 Å². The lowest BCUT2D eigenvalue weighted by atomic mass is 9.89. The van der Waals surface area contributed by atoms with Crippen LogP contribution in [0.25, 0.3) is 0 Å². The molecule has 0 saturated heterocycles. The summed E-state index contributed by atoms with van der Waals surface area (Å²) in [4.78, 5) is 13.1. The zero-order valence-corrected chi connectivity index (χ0v) is 20.1. The van der Waals surface area contributed by atoms with Crippen molar-refractivity contribution < 1.29 is 13.2 Å². The zero-order valence-electron chi connectivity index (χ0n) is 19.3. The highest BCUT2D eigenvalue weighted by molar-refractivity contribution is 7.92. The predicted octanol–water partition coefficient (Wildman–Crippen LogP) is 5.47. The van der Waals surface area contributed by atoms with Gasteiger partial charge in [0.15, 0.2) is 0 Å². The Balaban J connectivity index is 1.51. The number of rotatable bonds is 6. The van der Waals surface area contributed by atoms with Gasteiger partial charge in [-0.05, 0) is 93.0 Å². The van der Waals surface area contributed by atoms with Gasteiger partial charge in [-0.3, -0.25) is 9.52 Å². The number of amides is 1. The molecular formula is C27H30N2O3S. The van der Waals surface area contributed by atoms with Gasteiger partial charge in [-0.15, -0.1) is 0 Å². The summed E-state index contributed by atoms with van der Waals surface area (Å²) in [6.07, 6.45) is 4.66. The highest BCUT2D eigenvalue weighted by Gasteiger charge is 2.18. The Morgan fingerprint density at radius 3 is 2.30 bits per heavy atom. The molecule has 3 aromatic carbocycles. The quantitative estimate of drug-likeness (QED) is 0.510. The molecule has 0 heterocycles. The minimum absolute atomic E-state index is 0.154. The van der Waals surface area contributed by atoms with Crippen LogP contribution in [0.1, 0.15) is 64.0 Å². The van der Waals surface area contributed by atoms with E-state index in [1.54, 1.807) is 42.5 Å². The first-order valence-corrected chi connectivity index (χ1v) is 12.8. The summed E-state index contributed by atoms with van der Waals surface area (Å²) in [7, 11) is -3.75. The van der Waals surface area contributed by atoms with Crippen molar-refractivity contribution in [3.63, 3.8) is 0 Å². The average Bonchev–Trinajstić information content (AvgIpc) is 2.80. The van der Waals surface area contributed by atoms with E-state index in [4.69, 9.17) is 0 Å². The molecule has 5 nitrogen and oxygen atoms in total. The minimum atomic E-state index is -3.75. The van der Waals surface area contributed by atoms with Crippen molar-refractivity contribution in [2.45, 2.75) is 57.4 Å². The second-order valence-corrected chi connectivity index (χ2v) is 10.6. The van der Waals surface area contributed by atoms with Gasteiger partial charge < -0.3 is 5.32 Å². The highest BCUT2D eigenvalue weighted by Crippen LogP contribution is 2.26. The number of aryl methyl sites for hydroxylation is 4. The lowest BCUT2D eigenvalue weighted by Gasteiger charge is -2.20. The summed E-state index contributed by atoms with van der Waals surface area (Å²) in [5.74, 6) is -0.240. The smallest absolute Gasteiger partial charge is 0.261 e. The van der Waals surface area contributed by atoms with Crippen LogP contribution in [0.4, 0.5) is 5.69 Å². The van der Waals surface area contributed by atoms with Gasteiger partial charge in [0.2, 0.25) is 0 Å². The number of sulfonamides is 1. The van der Waals surface area contributed by atoms with Crippen LogP contribution in [0.15, 0.2) is 65.6 Å². The molecule has 1 amide bonds. The molecule has 0 bridgehead atoms. The third-order valence-electron chi connectivity index (χ3n) is 6.30. The number of anilines is 1. The first kappa shape index (κ1) is 23.1. The van der Waals surface area contributed by atoms with E-state index in [1.807, 2.05) is 20.8 Å². The van der Waals surface area contributed by atoms with Crippen LogP contribution in [0, 0.1) is 13.8 Å². The number of benzene rings is 3. The number of fused-ring (bicyclic) bond motifs is 1. The van der Waals surface area contributed by atoms with Gasteiger partial charge in [-0.2, -0.15) is 0 Å². The molecule has 3 aromatic rings. The minimum Gasteiger partial charge on any atom is -0.346 e. The molecule has 0 spiro atoms. The standard InChI is InChI=1S/C27H30N2O3S/c1-18-8-14-25(15-9-18)33(31,32)29-26-17-24(11-10-19(26)2)27(30)28-20(3)22-13-12-21-6-4-5-7-23(21)16-22/h8-17,20,29H,4-7H2,1-3H3,(H,28,30)/t20-/m0/s1. The fourth-order valence-electron chi connectivity index (χ4n) is 4.18. The Hall–Kier alpha value is -3.12. The molecular weight excluding hydrogens is 432 g/mol. The molecule has 0 unspecified atom stereocenters. The van der Waals surface area contributed by atoms with Gasteiger partial charge in [0.25, 0.3) is 15.9 Å². The third-order valence-corrected chi connectivity index (χ3v) is 7.68. The van der Waals surface area contributed by atoms with Gasteiger partial charge >= 0.3 is 0 Å². The van der Waals surface area contributed by atoms with Crippen molar-refractivity contribution in [2.75, 3.05) is 4.72 Å². The SMILES string of the molecule is Cc1ccc(S(=O)(=O)Nc2cc(C(=O)N[C@@H](C)c3ccc4c(c3)CCCC4)ccc2C)cc1. The molecule has 0 aliphatic heterocycles. The van der Waals surface area contributed by atoms with Crippen molar-refractivity contribution in [3.05, 3.63) is 94.0 Å². The Kier molecular flexibility index (Phi) is 6.56. The maximum Gasteiger partial charge on any atom is 0.261 e. The number of nitrogens with one attached hydrogen (secondary N) is 2. The van der Waals surface area contributed by atoms with Gasteiger partial charge in [0, 0.05) is 5.56 Å². The van der Waals surface area contributed by atoms with Crippen molar-refractivity contribution in [1.82, 2.24) is 5.32 Å². The van der Waals surface area contributed by atoms with Crippen LogP contribution in [-0.2, 0) is 22.9 Å². The summed E-state index contributed by atoms with van der Waals surface area (Å²) < 4.78 is 28.3. The highest BCUT2D eigenvalue weighted by atomic mass is 32.2. The zero-order chi connectivity index (χ0) is 23.6. The van der Waals surface area contributed by atoms with Crippen LogP contribution in [-0.4, -0.2) is 14.3 Å². The fourth-order valence-corrected chi connectivity index (χ4v) is 5.30. The van der Waals surface area contributed by atoms with Gasteiger partial charge in [-0.25, -0.2) is 8.42 Å². The summed E-state index contributed by atoms with van der Waals surface area (Å²) >= 11 is 0. The van der Waals surface area contributed by atoms with E-state index >= 15 is 0 Å². The molecule has 0 radical (unpaired) electrons. The molecule has 0 aromatic heterocycles. The number of carbonyl (C=O) groups excluding carboxylic acids is 1. The fraction of sp³-hybridized carbons (Fsp3) is 0.296. The van der Waals surface area contributed by atoms with Gasteiger partial charge in [-0.1, -0.05) is 42.0 Å². The molecule has 0 fully saturated rings. The first-order chi connectivity index (χ1) is 15.7. The maximum absolute atomic E-state index is 13.0.